The lowest BCUT2D eigenvalue weighted by Gasteiger charge is -2.48. The van der Waals surface area contributed by atoms with E-state index in [1.165, 1.54) is 7.11 Å². The van der Waals surface area contributed by atoms with Gasteiger partial charge in [0.1, 0.15) is 48.8 Å². The number of rotatable bonds is 12. The summed E-state index contributed by atoms with van der Waals surface area (Å²) >= 11 is 5.61. The topological polar surface area (TPSA) is 232 Å². The number of methoxy groups -OCH3 is 1. The lowest BCUT2D eigenvalue weighted by Crippen LogP contribution is -2.67. The number of carbonyl (C=O) groups is 1. The molecule has 2 rings (SSSR count). The molecule has 1 unspecified atom stereocenters. The van der Waals surface area contributed by atoms with E-state index in [-0.39, 0.29) is 32.0 Å². The molecule has 0 aromatic heterocycles. The first kappa shape index (κ1) is 30.9. The number of aliphatic hydroxyl groups excluding tert-OH is 7. The SMILES string of the molecule is COCCCN(C(=O)N(CCCl)N=O)C1O[C@H](CO)[C@@H](O[C@H]2O[C@H](CO)[C@@H](O)[C@H](O)[C@H]2O)[C@H](O)[C@H]1O. The molecule has 0 aliphatic carbocycles. The summed E-state index contributed by atoms with van der Waals surface area (Å²) in [6, 6.07) is -0.983. The molecule has 210 valence electrons. The highest BCUT2D eigenvalue weighted by atomic mass is 35.5. The summed E-state index contributed by atoms with van der Waals surface area (Å²) < 4.78 is 21.4. The summed E-state index contributed by atoms with van der Waals surface area (Å²) in [5, 5.41) is 74.1. The third-order valence-corrected chi connectivity index (χ3v) is 6.06. The molecular formula is C19H34ClN3O13. The van der Waals surface area contributed by atoms with Gasteiger partial charge in [-0.2, -0.15) is 5.01 Å². The van der Waals surface area contributed by atoms with Crippen molar-refractivity contribution in [2.24, 2.45) is 5.29 Å². The lowest BCUT2D eigenvalue weighted by atomic mass is 9.96. The van der Waals surface area contributed by atoms with Gasteiger partial charge in [-0.25, -0.2) is 4.79 Å². The van der Waals surface area contributed by atoms with Crippen molar-refractivity contribution in [3.8, 4) is 0 Å². The second kappa shape index (κ2) is 14.6. The number of hydrogen-bond donors (Lipinski definition) is 7. The summed E-state index contributed by atoms with van der Waals surface area (Å²) in [4.78, 5) is 25.0. The van der Waals surface area contributed by atoms with Gasteiger partial charge in [0.05, 0.1) is 25.0 Å². The van der Waals surface area contributed by atoms with Crippen LogP contribution in [0.15, 0.2) is 5.29 Å². The fourth-order valence-corrected chi connectivity index (χ4v) is 4.10. The van der Waals surface area contributed by atoms with Crippen LogP contribution >= 0.6 is 11.6 Å². The standard InChI is InChI=1S/C19H34ClN3O13/c1-33-6-2-4-22(19(31)23(21-32)5-3-20)17-14(29)13(28)16(10(8-25)34-17)36-18-15(30)12(27)11(26)9(7-24)35-18/h9-18,24-30H,2-8H2,1H3/t9-,10-,11-,12+,13-,14-,15-,16-,17?,18-/m1/s1. The van der Waals surface area contributed by atoms with Gasteiger partial charge in [-0.15, -0.1) is 16.5 Å². The molecule has 2 saturated heterocycles. The average molecular weight is 548 g/mol. The molecule has 0 aromatic rings. The first-order valence-corrected chi connectivity index (χ1v) is 11.7. The Labute approximate surface area is 211 Å². The van der Waals surface area contributed by atoms with Crippen LogP contribution < -0.4 is 0 Å². The summed E-state index contributed by atoms with van der Waals surface area (Å²) in [7, 11) is 1.43. The van der Waals surface area contributed by atoms with E-state index in [0.717, 1.165) is 4.90 Å². The van der Waals surface area contributed by atoms with Crippen molar-refractivity contribution in [3.63, 3.8) is 0 Å². The van der Waals surface area contributed by atoms with Crippen LogP contribution in [0.25, 0.3) is 0 Å². The Bertz CT molecular complexity index is 693. The van der Waals surface area contributed by atoms with Gasteiger partial charge in [-0.1, -0.05) is 0 Å². The summed E-state index contributed by atoms with van der Waals surface area (Å²) in [6.07, 6.45) is -16.2. The molecule has 0 aromatic carbocycles. The Kier molecular flexibility index (Phi) is 12.6. The molecule has 2 heterocycles. The Morgan fingerprint density at radius 2 is 1.61 bits per heavy atom. The highest BCUT2D eigenvalue weighted by Crippen LogP contribution is 2.30. The number of alkyl halides is 1. The van der Waals surface area contributed by atoms with E-state index in [2.05, 4.69) is 5.29 Å². The van der Waals surface area contributed by atoms with Crippen LogP contribution in [-0.4, -0.2) is 159 Å². The van der Waals surface area contributed by atoms with Crippen LogP contribution in [0.1, 0.15) is 6.42 Å². The molecule has 2 fully saturated rings. The number of carbonyl (C=O) groups excluding carboxylic acids is 1. The summed E-state index contributed by atoms with van der Waals surface area (Å²) in [6.45, 7) is -1.68. The monoisotopic (exact) mass is 547 g/mol. The van der Waals surface area contributed by atoms with Crippen LogP contribution in [-0.2, 0) is 18.9 Å². The number of nitrogens with zero attached hydrogens (tertiary/aromatic N) is 3. The number of halogens is 1. The zero-order valence-corrected chi connectivity index (χ0v) is 20.3. The Hall–Kier alpha value is -1.28. The molecular weight excluding hydrogens is 514 g/mol. The molecule has 0 spiro atoms. The van der Waals surface area contributed by atoms with E-state index in [1.54, 1.807) is 0 Å². The maximum Gasteiger partial charge on any atom is 0.345 e. The smallest absolute Gasteiger partial charge is 0.345 e. The molecule has 2 aliphatic rings. The first-order chi connectivity index (χ1) is 17.2. The molecule has 7 N–H and O–H groups in total. The molecule has 2 aliphatic heterocycles. The van der Waals surface area contributed by atoms with E-state index >= 15 is 0 Å². The van der Waals surface area contributed by atoms with Gasteiger partial charge >= 0.3 is 6.03 Å². The van der Waals surface area contributed by atoms with Gasteiger partial charge < -0.3 is 54.7 Å². The highest BCUT2D eigenvalue weighted by Gasteiger charge is 2.52. The minimum Gasteiger partial charge on any atom is -0.394 e. The Morgan fingerprint density at radius 1 is 0.944 bits per heavy atom. The number of aliphatic hydroxyl groups is 7. The zero-order chi connectivity index (χ0) is 27.0. The van der Waals surface area contributed by atoms with Crippen molar-refractivity contribution < 1.29 is 59.5 Å². The third-order valence-electron chi connectivity index (χ3n) is 5.90. The molecule has 16 nitrogen and oxygen atoms in total. The fraction of sp³-hybridized carbons (Fsp3) is 0.947. The van der Waals surface area contributed by atoms with Crippen molar-refractivity contribution in [3.05, 3.63) is 4.91 Å². The van der Waals surface area contributed by atoms with E-state index < -0.39 is 80.6 Å². The average Bonchev–Trinajstić information content (AvgIpc) is 2.88. The van der Waals surface area contributed by atoms with Crippen molar-refractivity contribution >= 4 is 17.6 Å². The molecule has 0 radical (unpaired) electrons. The van der Waals surface area contributed by atoms with Crippen molar-refractivity contribution in [2.45, 2.75) is 67.8 Å². The van der Waals surface area contributed by atoms with Gasteiger partial charge in [-0.3, -0.25) is 4.90 Å². The minimum atomic E-state index is -1.85. The predicted molar refractivity (Wildman–Crippen MR) is 118 cm³/mol. The van der Waals surface area contributed by atoms with Gasteiger partial charge in [0, 0.05) is 26.1 Å². The minimum absolute atomic E-state index is 0.105. The van der Waals surface area contributed by atoms with Crippen LogP contribution in [0.4, 0.5) is 4.79 Å². The fourth-order valence-electron chi connectivity index (χ4n) is 3.94. The van der Waals surface area contributed by atoms with Crippen LogP contribution in [0, 0.1) is 4.91 Å². The molecule has 17 heteroatoms. The van der Waals surface area contributed by atoms with E-state index in [0.29, 0.717) is 5.01 Å². The normalized spacial score (nSPS) is 36.9. The molecule has 0 saturated carbocycles. The number of ether oxygens (including phenoxy) is 4. The van der Waals surface area contributed by atoms with Crippen LogP contribution in [0.2, 0.25) is 0 Å². The molecule has 0 bridgehead atoms. The van der Waals surface area contributed by atoms with Crippen molar-refractivity contribution in [2.75, 3.05) is 45.9 Å². The van der Waals surface area contributed by atoms with Gasteiger partial charge in [0.25, 0.3) is 0 Å². The number of amides is 2. The second-order valence-corrected chi connectivity index (χ2v) is 8.62. The van der Waals surface area contributed by atoms with E-state index in [1.807, 2.05) is 0 Å². The van der Waals surface area contributed by atoms with Crippen molar-refractivity contribution in [1.29, 1.82) is 0 Å². The zero-order valence-electron chi connectivity index (χ0n) is 19.5. The van der Waals surface area contributed by atoms with Gasteiger partial charge in [0.2, 0.25) is 0 Å². The highest BCUT2D eigenvalue weighted by molar-refractivity contribution is 6.18. The van der Waals surface area contributed by atoms with Gasteiger partial charge in [0.15, 0.2) is 12.5 Å². The van der Waals surface area contributed by atoms with E-state index in [9.17, 15) is 45.4 Å². The maximum atomic E-state index is 12.9. The van der Waals surface area contributed by atoms with Gasteiger partial charge in [-0.05, 0) is 6.42 Å². The molecule has 2 amide bonds. The quantitative estimate of drug-likeness (QED) is 0.0540. The number of hydrogen-bond acceptors (Lipinski definition) is 14. The Balaban J connectivity index is 2.25. The maximum absolute atomic E-state index is 12.9. The van der Waals surface area contributed by atoms with Crippen molar-refractivity contribution in [1.82, 2.24) is 9.91 Å². The number of nitroso groups, excluding NO2 is 1. The predicted octanol–water partition coefficient (Wildman–Crippen LogP) is -3.71. The first-order valence-electron chi connectivity index (χ1n) is 11.2. The largest absolute Gasteiger partial charge is 0.394 e. The number of urea groups is 1. The lowest BCUT2D eigenvalue weighted by molar-refractivity contribution is -0.347. The van der Waals surface area contributed by atoms with E-state index in [4.69, 9.17) is 30.5 Å². The summed E-state index contributed by atoms with van der Waals surface area (Å²) in [5.74, 6) is -0.117. The molecule has 36 heavy (non-hydrogen) atoms. The molecule has 10 atom stereocenters. The van der Waals surface area contributed by atoms with Crippen LogP contribution in [0.5, 0.6) is 0 Å². The second-order valence-electron chi connectivity index (χ2n) is 8.24. The third kappa shape index (κ3) is 6.97. The Morgan fingerprint density at radius 3 is 2.17 bits per heavy atom. The summed E-state index contributed by atoms with van der Waals surface area (Å²) in [5.41, 5.74) is 0. The van der Waals surface area contributed by atoms with Crippen LogP contribution in [0.3, 0.4) is 0 Å².